The predicted molar refractivity (Wildman–Crippen MR) is 210 cm³/mol. The van der Waals surface area contributed by atoms with E-state index in [1.807, 2.05) is 23.5 Å². The molecule has 0 spiro atoms. The number of para-hydroxylation sites is 2. The highest BCUT2D eigenvalue weighted by Crippen LogP contribution is 2.43. The molecule has 10 aromatic rings. The number of fused-ring (bicyclic) bond motifs is 8. The van der Waals surface area contributed by atoms with Crippen LogP contribution in [-0.4, -0.2) is 0 Å². The molecule has 0 atom stereocenters. The lowest BCUT2D eigenvalue weighted by Crippen LogP contribution is -2.09. The minimum Gasteiger partial charge on any atom is -0.455 e. The first-order valence-electron chi connectivity index (χ1n) is 16.6. The van der Waals surface area contributed by atoms with Gasteiger partial charge in [-0.15, -0.1) is 11.3 Å². The van der Waals surface area contributed by atoms with Gasteiger partial charge >= 0.3 is 0 Å². The van der Waals surface area contributed by atoms with Crippen LogP contribution in [0.15, 0.2) is 180 Å². The number of thiophene rings is 1. The number of benzene rings is 8. The smallest absolute Gasteiger partial charge is 0.143 e. The molecule has 10 rings (SSSR count). The number of furan rings is 1. The van der Waals surface area contributed by atoms with Crippen LogP contribution < -0.4 is 4.90 Å². The fraction of sp³-hybridized carbons (Fsp3) is 0. The van der Waals surface area contributed by atoms with Crippen LogP contribution in [0.25, 0.3) is 75.1 Å². The van der Waals surface area contributed by atoms with Crippen LogP contribution in [0, 0.1) is 0 Å². The molecule has 8 aromatic carbocycles. The highest BCUT2D eigenvalue weighted by atomic mass is 32.1. The molecule has 49 heavy (non-hydrogen) atoms. The lowest BCUT2D eigenvalue weighted by atomic mass is 10.0. The highest BCUT2D eigenvalue weighted by molar-refractivity contribution is 7.26. The van der Waals surface area contributed by atoms with Gasteiger partial charge in [0.2, 0.25) is 0 Å². The third kappa shape index (κ3) is 4.62. The predicted octanol–water partition coefficient (Wildman–Crippen LogP) is 13.9. The first-order chi connectivity index (χ1) is 24.3. The Morgan fingerprint density at radius 2 is 1.04 bits per heavy atom. The quantitative estimate of drug-likeness (QED) is 0.186. The fourth-order valence-electron chi connectivity index (χ4n) is 7.27. The second-order valence-electron chi connectivity index (χ2n) is 12.5. The lowest BCUT2D eigenvalue weighted by molar-refractivity contribution is 0.670. The largest absolute Gasteiger partial charge is 0.455 e. The van der Waals surface area contributed by atoms with E-state index in [-0.39, 0.29) is 0 Å². The third-order valence-corrected chi connectivity index (χ3v) is 10.9. The minimum absolute atomic E-state index is 0.913. The Kier molecular flexibility index (Phi) is 6.39. The van der Waals surface area contributed by atoms with Gasteiger partial charge in [0, 0.05) is 59.0 Å². The molecule has 0 fully saturated rings. The maximum atomic E-state index is 6.39. The molecule has 0 saturated carbocycles. The molecular weight excluding hydrogens is 615 g/mol. The average Bonchev–Trinajstić information content (AvgIpc) is 3.75. The van der Waals surface area contributed by atoms with Crippen molar-refractivity contribution >= 4 is 81.3 Å². The minimum atomic E-state index is 0.913. The topological polar surface area (TPSA) is 16.4 Å². The van der Waals surface area contributed by atoms with Crippen molar-refractivity contribution < 1.29 is 4.42 Å². The second-order valence-corrected chi connectivity index (χ2v) is 13.6. The molecule has 2 nitrogen and oxygen atoms in total. The van der Waals surface area contributed by atoms with Crippen LogP contribution in [0.5, 0.6) is 0 Å². The summed E-state index contributed by atoms with van der Waals surface area (Å²) in [4.78, 5) is 2.37. The van der Waals surface area contributed by atoms with Crippen molar-refractivity contribution in [2.75, 3.05) is 4.90 Å². The van der Waals surface area contributed by atoms with E-state index in [0.717, 1.165) is 50.1 Å². The highest BCUT2D eigenvalue weighted by Gasteiger charge is 2.17. The molecule has 0 saturated heterocycles. The van der Waals surface area contributed by atoms with E-state index >= 15 is 0 Å². The van der Waals surface area contributed by atoms with Crippen molar-refractivity contribution in [3.63, 3.8) is 0 Å². The molecule has 3 heteroatoms. The van der Waals surface area contributed by atoms with E-state index in [1.54, 1.807) is 0 Å². The standard InChI is InChI=1S/C46H29NOS/c1-2-9-30(10-3-1)31-17-23-34(24-18-31)47(36-27-21-33-22-28-41-39-12-5-7-16-44(39)49-46(41)42(33)29-36)35-25-19-32(20-26-35)37-13-8-14-40-38-11-4-6-15-43(38)48-45(37)40/h1-29H. The molecule has 0 unspecified atom stereocenters. The summed E-state index contributed by atoms with van der Waals surface area (Å²) in [6, 6.07) is 63.2. The number of rotatable bonds is 5. The van der Waals surface area contributed by atoms with Gasteiger partial charge in [0.1, 0.15) is 11.2 Å². The summed E-state index contributed by atoms with van der Waals surface area (Å²) in [5.74, 6) is 0. The summed E-state index contributed by atoms with van der Waals surface area (Å²) in [7, 11) is 0. The van der Waals surface area contributed by atoms with Gasteiger partial charge in [-0.1, -0.05) is 127 Å². The number of hydrogen-bond donors (Lipinski definition) is 0. The van der Waals surface area contributed by atoms with E-state index in [0.29, 0.717) is 0 Å². The Bertz CT molecular complexity index is 2810. The van der Waals surface area contributed by atoms with Gasteiger partial charge in [-0.05, 0) is 70.6 Å². The Hall–Kier alpha value is -6.16. The molecule has 0 aliphatic rings. The van der Waals surface area contributed by atoms with Crippen molar-refractivity contribution in [2.24, 2.45) is 0 Å². The van der Waals surface area contributed by atoms with Gasteiger partial charge in [-0.2, -0.15) is 0 Å². The zero-order chi connectivity index (χ0) is 32.3. The zero-order valence-corrected chi connectivity index (χ0v) is 27.3. The second kappa shape index (κ2) is 11.2. The maximum Gasteiger partial charge on any atom is 0.143 e. The number of anilines is 3. The van der Waals surface area contributed by atoms with Gasteiger partial charge in [-0.3, -0.25) is 0 Å². The molecule has 2 aromatic heterocycles. The van der Waals surface area contributed by atoms with Crippen molar-refractivity contribution in [1.29, 1.82) is 0 Å². The van der Waals surface area contributed by atoms with Crippen molar-refractivity contribution in [3.8, 4) is 22.3 Å². The van der Waals surface area contributed by atoms with Gasteiger partial charge < -0.3 is 9.32 Å². The van der Waals surface area contributed by atoms with Gasteiger partial charge in [0.05, 0.1) is 0 Å². The van der Waals surface area contributed by atoms with Crippen LogP contribution in [0.2, 0.25) is 0 Å². The first-order valence-corrected chi connectivity index (χ1v) is 17.4. The fourth-order valence-corrected chi connectivity index (χ4v) is 8.50. The Morgan fingerprint density at radius 1 is 0.408 bits per heavy atom. The van der Waals surface area contributed by atoms with Gasteiger partial charge in [0.15, 0.2) is 0 Å². The lowest BCUT2D eigenvalue weighted by Gasteiger charge is -2.26. The summed E-state index contributed by atoms with van der Waals surface area (Å²) in [6.45, 7) is 0. The Balaban J connectivity index is 1.12. The van der Waals surface area contributed by atoms with E-state index in [4.69, 9.17) is 4.42 Å². The van der Waals surface area contributed by atoms with E-state index in [1.165, 1.54) is 42.1 Å². The summed E-state index contributed by atoms with van der Waals surface area (Å²) >= 11 is 1.88. The van der Waals surface area contributed by atoms with Crippen LogP contribution in [0.1, 0.15) is 0 Å². The molecular formula is C46H29NOS. The molecule has 0 bridgehead atoms. The third-order valence-electron chi connectivity index (χ3n) is 9.68. The molecule has 230 valence electrons. The molecule has 0 amide bonds. The Morgan fingerprint density at radius 3 is 1.86 bits per heavy atom. The normalized spacial score (nSPS) is 11.7. The van der Waals surface area contributed by atoms with E-state index < -0.39 is 0 Å². The number of hydrogen-bond acceptors (Lipinski definition) is 3. The molecule has 2 heterocycles. The molecule has 0 aliphatic carbocycles. The van der Waals surface area contributed by atoms with E-state index in [2.05, 4.69) is 169 Å². The maximum absolute atomic E-state index is 6.39. The molecule has 0 aliphatic heterocycles. The molecule has 0 N–H and O–H groups in total. The summed E-state index contributed by atoms with van der Waals surface area (Å²) in [6.07, 6.45) is 0. The zero-order valence-electron chi connectivity index (χ0n) is 26.5. The van der Waals surface area contributed by atoms with Crippen LogP contribution in [0.4, 0.5) is 17.1 Å². The monoisotopic (exact) mass is 643 g/mol. The van der Waals surface area contributed by atoms with Crippen LogP contribution in [0.3, 0.4) is 0 Å². The Labute approximate surface area is 287 Å². The van der Waals surface area contributed by atoms with E-state index in [9.17, 15) is 0 Å². The SMILES string of the molecule is c1ccc(-c2ccc(N(c3ccc(-c4cccc5c4oc4ccccc45)cc3)c3ccc4ccc5c6ccccc6sc5c4c3)cc2)cc1. The molecule has 0 radical (unpaired) electrons. The van der Waals surface area contributed by atoms with Crippen molar-refractivity contribution in [2.45, 2.75) is 0 Å². The van der Waals surface area contributed by atoms with Crippen molar-refractivity contribution in [3.05, 3.63) is 176 Å². The number of nitrogens with zero attached hydrogens (tertiary/aromatic N) is 1. The summed E-state index contributed by atoms with van der Waals surface area (Å²) in [5, 5.41) is 7.43. The van der Waals surface area contributed by atoms with Crippen molar-refractivity contribution in [1.82, 2.24) is 0 Å². The summed E-state index contributed by atoms with van der Waals surface area (Å²) < 4.78 is 9.04. The average molecular weight is 644 g/mol. The van der Waals surface area contributed by atoms with Crippen LogP contribution >= 0.6 is 11.3 Å². The first kappa shape index (κ1) is 27.9. The summed E-state index contributed by atoms with van der Waals surface area (Å²) in [5.41, 5.74) is 9.78. The van der Waals surface area contributed by atoms with Gasteiger partial charge in [-0.25, -0.2) is 0 Å². The van der Waals surface area contributed by atoms with Crippen LogP contribution in [-0.2, 0) is 0 Å². The van der Waals surface area contributed by atoms with Gasteiger partial charge in [0.25, 0.3) is 0 Å².